The number of benzene rings is 8. The molecule has 2 fully saturated rings. The molecular weight excluding hydrogens is 1150 g/mol. The Morgan fingerprint density at radius 1 is 0.477 bits per heavy atom. The number of phenolic OH excluding ortho intramolecular Hbond substituents is 2. The number of methoxy groups -OCH3 is 2. The number of fused-ring (bicyclic) bond motifs is 2. The third-order valence-electron chi connectivity index (χ3n) is 16.6. The van der Waals surface area contributed by atoms with Gasteiger partial charge in [-0.3, -0.25) is 28.8 Å². The minimum atomic E-state index is -3.45. The summed E-state index contributed by atoms with van der Waals surface area (Å²) in [6.07, 6.45) is -5.53. The van der Waals surface area contributed by atoms with Crippen LogP contribution >= 0.6 is 0 Å². The van der Waals surface area contributed by atoms with Crippen LogP contribution in [0.2, 0.25) is 10.1 Å². The topological polar surface area (TPSA) is 217 Å². The van der Waals surface area contributed by atoms with E-state index in [1.54, 1.807) is 24.3 Å². The smallest absolute Gasteiger partial charge is 0.309 e. The lowest BCUT2D eigenvalue weighted by atomic mass is 9.87. The van der Waals surface area contributed by atoms with Crippen molar-refractivity contribution in [1.82, 2.24) is 0 Å². The minimum Gasteiger partial charge on any atom is -0.507 e. The van der Waals surface area contributed by atoms with Gasteiger partial charge in [-0.25, -0.2) is 0 Å². The van der Waals surface area contributed by atoms with Gasteiger partial charge < -0.3 is 47.5 Å². The summed E-state index contributed by atoms with van der Waals surface area (Å²) in [5, 5.41) is 28.3. The number of esters is 4. The van der Waals surface area contributed by atoms with E-state index in [9.17, 15) is 39.0 Å². The highest BCUT2D eigenvalue weighted by Crippen LogP contribution is 2.56. The van der Waals surface area contributed by atoms with Crippen molar-refractivity contribution in [3.05, 3.63) is 168 Å². The van der Waals surface area contributed by atoms with Crippen LogP contribution in [0.25, 0.3) is 32.7 Å². The Labute approximate surface area is 512 Å². The molecule has 0 aromatic heterocycles. The van der Waals surface area contributed by atoms with Crippen LogP contribution in [0, 0.1) is 0 Å². The maximum Gasteiger partial charge on any atom is 0.309 e. The van der Waals surface area contributed by atoms with Crippen molar-refractivity contribution in [3.63, 3.8) is 0 Å². The van der Waals surface area contributed by atoms with E-state index in [0.717, 1.165) is 34.6 Å². The van der Waals surface area contributed by atoms with Crippen LogP contribution in [0.4, 0.5) is 0 Å². The van der Waals surface area contributed by atoms with Crippen LogP contribution in [0.3, 0.4) is 0 Å². The van der Waals surface area contributed by atoms with Crippen LogP contribution in [-0.4, -0.2) is 88.7 Å². The molecule has 0 radical (unpaired) electrons. The summed E-state index contributed by atoms with van der Waals surface area (Å²) in [5.74, 6) is -5.90. The zero-order valence-electron chi connectivity index (χ0n) is 51.2. The highest BCUT2D eigenvalue weighted by molar-refractivity contribution is 7.00. The third-order valence-corrected chi connectivity index (χ3v) is 26.7. The van der Waals surface area contributed by atoms with Gasteiger partial charge in [0, 0.05) is 24.6 Å². The highest BCUT2D eigenvalue weighted by atomic mass is 28.4. The molecule has 2 N–H and O–H groups in total. The van der Waals surface area contributed by atoms with Crippen molar-refractivity contribution in [1.29, 1.82) is 0 Å². The van der Waals surface area contributed by atoms with Gasteiger partial charge in [0.25, 0.3) is 16.6 Å². The van der Waals surface area contributed by atoms with Gasteiger partial charge >= 0.3 is 23.9 Å². The van der Waals surface area contributed by atoms with Gasteiger partial charge in [-0.15, -0.1) is 0 Å². The molecule has 8 aromatic carbocycles. The molecule has 454 valence electrons. The van der Waals surface area contributed by atoms with E-state index in [4.69, 9.17) is 37.3 Å². The summed E-state index contributed by atoms with van der Waals surface area (Å²) < 4.78 is 51.5. The third kappa shape index (κ3) is 10.8. The first-order chi connectivity index (χ1) is 41.8. The average molecular weight is 1220 g/mol. The maximum absolute atomic E-state index is 14.4. The molecule has 8 aromatic rings. The molecule has 16 nitrogen and oxygen atoms in total. The molecule has 0 spiro atoms. The lowest BCUT2D eigenvalue weighted by molar-refractivity contribution is -0.143. The first-order valence-corrected chi connectivity index (χ1v) is 32.8. The molecule has 10 rings (SSSR count). The van der Waals surface area contributed by atoms with Crippen LogP contribution in [-0.2, 0) is 37.5 Å². The minimum absolute atomic E-state index is 0.000373. The molecule has 2 heterocycles. The predicted molar refractivity (Wildman–Crippen MR) is 338 cm³/mol. The standard InChI is InChI=1S/C70H70O16Si2/c1-39(71)57-61(67-53(37-55(75)83-67)85-87(69(5,6)7,45-25-17-13-18-26-45)46-27-19-14-20-28-46)63(77)59-49(65(57)81-41(3)73)33-43(35-51(59)79-11)44-34-50-60(52(36-44)80-12)64(78)62(58(40(2)72)66(50)82-42(4)74)68-54(38-56(76)84-68)86-88(70(8,9)10,47-29-21-15-22-30-47)48-31-23-16-24-32-48/h13-36,53-54,67-68,77-78H,37-38H2,1-12H3/t53-,54-,67+,68+/m1/s1. The quantitative estimate of drug-likeness (QED) is 0.0375. The summed E-state index contributed by atoms with van der Waals surface area (Å²) in [6.45, 7) is 17.2. The van der Waals surface area contributed by atoms with Gasteiger partial charge in [-0.05, 0) is 80.1 Å². The number of Topliss-reactive ketones (excluding diaryl/α,β-unsaturated/α-hetero) is 2. The van der Waals surface area contributed by atoms with Crippen molar-refractivity contribution in [2.24, 2.45) is 0 Å². The Morgan fingerprint density at radius 3 is 1.02 bits per heavy atom. The number of cyclic esters (lactones) is 2. The van der Waals surface area contributed by atoms with E-state index in [-0.39, 0.29) is 90.8 Å². The zero-order valence-corrected chi connectivity index (χ0v) is 53.2. The van der Waals surface area contributed by atoms with Gasteiger partial charge in [0.2, 0.25) is 0 Å². The van der Waals surface area contributed by atoms with E-state index < -0.39 is 98.1 Å². The van der Waals surface area contributed by atoms with Crippen LogP contribution in [0.5, 0.6) is 34.5 Å². The van der Waals surface area contributed by atoms with Crippen molar-refractivity contribution in [2.75, 3.05) is 14.2 Å². The lowest BCUT2D eigenvalue weighted by Crippen LogP contribution is -2.67. The SMILES string of the molecule is COc1cc(-c2cc(OC)c3c(O)c([C@H]4OC(=O)C[C@H]4O[Si](c4ccccc4)(c4ccccc4)C(C)(C)C)c(C(C)=O)c(OC(C)=O)c3c2)cc2c(OC(C)=O)c(C(C)=O)c([C@H]3OC(=O)C[C@H]3O[Si](c3ccccc3)(c3ccccc3)C(C)(C)C)c(O)c12. The number of phenols is 2. The number of rotatable bonds is 17. The van der Waals surface area contributed by atoms with Crippen LogP contribution in [0.1, 0.15) is 126 Å². The summed E-state index contributed by atoms with van der Waals surface area (Å²) in [5.41, 5.74) is -0.294. The van der Waals surface area contributed by atoms with Crippen molar-refractivity contribution < 1.29 is 76.3 Å². The number of aromatic hydroxyl groups is 2. The second-order valence-corrected chi connectivity index (χ2v) is 32.8. The van der Waals surface area contributed by atoms with Gasteiger partial charge in [0.1, 0.15) is 34.5 Å². The number of hydrogen-bond donors (Lipinski definition) is 2. The van der Waals surface area contributed by atoms with Gasteiger partial charge in [0.15, 0.2) is 23.8 Å². The normalized spacial score (nSPS) is 17.1. The Hall–Kier alpha value is -8.95. The van der Waals surface area contributed by atoms with E-state index in [1.165, 1.54) is 28.1 Å². The number of ketones is 2. The average Bonchev–Trinajstić information content (AvgIpc) is 1.19. The fraction of sp³-hybridized carbons (Fsp3) is 0.286. The molecule has 0 saturated carbocycles. The Kier molecular flexibility index (Phi) is 16.9. The van der Waals surface area contributed by atoms with Gasteiger partial charge in [-0.2, -0.15) is 0 Å². The largest absolute Gasteiger partial charge is 0.507 e. The number of ether oxygens (including phenoxy) is 6. The molecule has 2 aliphatic rings. The van der Waals surface area contributed by atoms with E-state index in [0.29, 0.717) is 0 Å². The molecular formula is C70H70O16Si2. The lowest BCUT2D eigenvalue weighted by Gasteiger charge is -2.45. The second kappa shape index (κ2) is 24.0. The molecule has 18 heteroatoms. The Morgan fingerprint density at radius 2 is 0.773 bits per heavy atom. The van der Waals surface area contributed by atoms with Crippen molar-refractivity contribution in [2.45, 2.75) is 117 Å². The first kappa shape index (κ1) is 62.1. The van der Waals surface area contributed by atoms with Crippen LogP contribution in [0.15, 0.2) is 146 Å². The predicted octanol–water partition coefficient (Wildman–Crippen LogP) is 11.2. The van der Waals surface area contributed by atoms with Gasteiger partial charge in [-0.1, -0.05) is 163 Å². The Bertz CT molecular complexity index is 3740. The van der Waals surface area contributed by atoms with E-state index in [1.807, 2.05) is 121 Å². The molecule has 2 saturated heterocycles. The van der Waals surface area contributed by atoms with Crippen molar-refractivity contribution in [3.8, 4) is 45.6 Å². The van der Waals surface area contributed by atoms with Crippen LogP contribution < -0.4 is 39.7 Å². The zero-order chi connectivity index (χ0) is 63.4. The van der Waals surface area contributed by atoms with Gasteiger partial charge in [0.05, 0.1) is 72.3 Å². The Balaban J connectivity index is 1.18. The summed E-state index contributed by atoms with van der Waals surface area (Å²) >= 11 is 0. The summed E-state index contributed by atoms with van der Waals surface area (Å²) in [4.78, 5) is 83.3. The molecule has 2 aliphatic heterocycles. The number of carbonyl (C=O) groups excluding carboxylic acids is 6. The second-order valence-electron chi connectivity index (χ2n) is 24.3. The molecule has 4 atom stereocenters. The molecule has 0 unspecified atom stereocenters. The maximum atomic E-state index is 14.4. The monoisotopic (exact) mass is 1220 g/mol. The van der Waals surface area contributed by atoms with E-state index in [2.05, 4.69) is 41.5 Å². The molecule has 0 aliphatic carbocycles. The molecule has 0 bridgehead atoms. The number of hydrogen-bond acceptors (Lipinski definition) is 16. The van der Waals surface area contributed by atoms with E-state index >= 15 is 0 Å². The van der Waals surface area contributed by atoms with Crippen molar-refractivity contribution >= 4 is 94.4 Å². The highest BCUT2D eigenvalue weighted by Gasteiger charge is 2.57. The fourth-order valence-corrected chi connectivity index (χ4v) is 22.5. The number of carbonyl (C=O) groups is 6. The summed E-state index contributed by atoms with van der Waals surface area (Å²) in [6, 6.07) is 45.2. The fourth-order valence-electron chi connectivity index (χ4n) is 13.1. The first-order valence-electron chi connectivity index (χ1n) is 28.9. The molecule has 88 heavy (non-hydrogen) atoms. The molecule has 0 amide bonds. The summed E-state index contributed by atoms with van der Waals surface area (Å²) in [7, 11) is -4.20.